The maximum atomic E-state index is 14.2. The number of carboxylic acids is 1. The first-order valence-corrected chi connectivity index (χ1v) is 6.79. The molecule has 22 heavy (non-hydrogen) atoms. The highest BCUT2D eigenvalue weighted by atomic mass is 19.1. The molecule has 1 aromatic carbocycles. The Balaban J connectivity index is 2.86. The summed E-state index contributed by atoms with van der Waals surface area (Å²) in [5, 5.41) is 10.6. The molecule has 0 aliphatic heterocycles. The van der Waals surface area contributed by atoms with Gasteiger partial charge in [0.25, 0.3) is 0 Å². The van der Waals surface area contributed by atoms with E-state index in [9.17, 15) is 18.4 Å². The molecule has 0 atom stereocenters. The second kappa shape index (κ2) is 7.20. The van der Waals surface area contributed by atoms with Crippen LogP contribution in [0.1, 0.15) is 39.2 Å². The lowest BCUT2D eigenvalue weighted by Crippen LogP contribution is -2.28. The van der Waals surface area contributed by atoms with Crippen LogP contribution in [0.5, 0.6) is 0 Å². The van der Waals surface area contributed by atoms with Crippen LogP contribution in [0.25, 0.3) is 0 Å². The lowest BCUT2D eigenvalue weighted by atomic mass is 10.1. The SMILES string of the molecule is CC(C)(C)OC(=O)Nc1c(F)ccc(CCCC(=O)O)c1F. The van der Waals surface area contributed by atoms with Gasteiger partial charge in [0, 0.05) is 6.42 Å². The van der Waals surface area contributed by atoms with Gasteiger partial charge in [-0.25, -0.2) is 13.6 Å². The topological polar surface area (TPSA) is 75.6 Å². The number of carbonyl (C=O) groups is 2. The minimum atomic E-state index is -0.991. The van der Waals surface area contributed by atoms with Gasteiger partial charge in [-0.3, -0.25) is 10.1 Å². The van der Waals surface area contributed by atoms with E-state index in [0.717, 1.165) is 6.07 Å². The number of halogens is 2. The first-order chi connectivity index (χ1) is 10.1. The molecular weight excluding hydrogens is 296 g/mol. The lowest BCUT2D eigenvalue weighted by molar-refractivity contribution is -0.137. The molecule has 0 saturated heterocycles. The highest BCUT2D eigenvalue weighted by molar-refractivity contribution is 5.85. The maximum Gasteiger partial charge on any atom is 0.412 e. The van der Waals surface area contributed by atoms with Gasteiger partial charge in [0.2, 0.25) is 0 Å². The van der Waals surface area contributed by atoms with Crippen LogP contribution in [0.15, 0.2) is 12.1 Å². The third-order valence-corrected chi connectivity index (χ3v) is 2.63. The van der Waals surface area contributed by atoms with Crippen molar-refractivity contribution < 1.29 is 28.2 Å². The summed E-state index contributed by atoms with van der Waals surface area (Å²) in [6, 6.07) is 2.25. The van der Waals surface area contributed by atoms with Gasteiger partial charge in [-0.15, -0.1) is 0 Å². The Morgan fingerprint density at radius 1 is 1.27 bits per heavy atom. The Kier molecular flexibility index (Phi) is 5.84. The van der Waals surface area contributed by atoms with Crippen LogP contribution in [0, 0.1) is 11.6 Å². The van der Waals surface area contributed by atoms with Crippen LogP contribution < -0.4 is 5.32 Å². The summed E-state index contributed by atoms with van der Waals surface area (Å²) in [6.07, 6.45) is -0.746. The number of hydrogen-bond donors (Lipinski definition) is 2. The van der Waals surface area contributed by atoms with E-state index in [1.807, 2.05) is 5.32 Å². The average Bonchev–Trinajstić information content (AvgIpc) is 2.34. The Morgan fingerprint density at radius 2 is 1.91 bits per heavy atom. The average molecular weight is 315 g/mol. The molecule has 2 N–H and O–H groups in total. The molecule has 0 spiro atoms. The summed E-state index contributed by atoms with van der Waals surface area (Å²) in [5.74, 6) is -2.84. The van der Waals surface area contributed by atoms with E-state index < -0.39 is 35.0 Å². The number of ether oxygens (including phenoxy) is 1. The second-order valence-corrected chi connectivity index (χ2v) is 5.77. The molecule has 0 aliphatic rings. The number of rotatable bonds is 5. The Labute approximate surface area is 127 Å². The Bertz CT molecular complexity index is 567. The van der Waals surface area contributed by atoms with Crippen molar-refractivity contribution in [3.63, 3.8) is 0 Å². The number of carboxylic acid groups (broad SMARTS) is 1. The fourth-order valence-corrected chi connectivity index (χ4v) is 1.74. The van der Waals surface area contributed by atoms with E-state index in [2.05, 4.69) is 0 Å². The van der Waals surface area contributed by atoms with E-state index in [1.165, 1.54) is 6.07 Å². The number of aliphatic carboxylic acids is 1. The molecule has 0 bridgehead atoms. The number of nitrogens with one attached hydrogen (secondary N) is 1. The predicted molar refractivity (Wildman–Crippen MR) is 76.8 cm³/mol. The third kappa shape index (κ3) is 5.67. The number of benzene rings is 1. The molecule has 1 amide bonds. The first kappa shape index (κ1) is 17.9. The lowest BCUT2D eigenvalue weighted by Gasteiger charge is -2.20. The van der Waals surface area contributed by atoms with E-state index in [4.69, 9.17) is 9.84 Å². The van der Waals surface area contributed by atoms with E-state index in [0.29, 0.717) is 0 Å². The van der Waals surface area contributed by atoms with E-state index in [1.54, 1.807) is 20.8 Å². The van der Waals surface area contributed by atoms with Gasteiger partial charge in [0.15, 0.2) is 5.82 Å². The number of anilines is 1. The molecule has 0 radical (unpaired) electrons. The zero-order valence-electron chi connectivity index (χ0n) is 12.7. The standard InChI is InChI=1S/C15H19F2NO4/c1-15(2,3)22-14(21)18-13-10(16)8-7-9(12(13)17)5-4-6-11(19)20/h7-8H,4-6H2,1-3H3,(H,18,21)(H,19,20). The van der Waals surface area contributed by atoms with E-state index >= 15 is 0 Å². The molecule has 122 valence electrons. The van der Waals surface area contributed by atoms with Gasteiger partial charge >= 0.3 is 12.1 Å². The third-order valence-electron chi connectivity index (χ3n) is 2.63. The molecule has 0 aliphatic carbocycles. The molecule has 1 aromatic rings. The summed E-state index contributed by atoms with van der Waals surface area (Å²) < 4.78 is 32.8. The van der Waals surface area contributed by atoms with Crippen molar-refractivity contribution in [2.24, 2.45) is 0 Å². The molecular formula is C15H19F2NO4. The summed E-state index contributed by atoms with van der Waals surface area (Å²) in [5.41, 5.74) is -1.26. The molecule has 0 aromatic heterocycles. The predicted octanol–water partition coefficient (Wildman–Crippen LogP) is 3.72. The molecule has 5 nitrogen and oxygen atoms in total. The normalized spacial score (nSPS) is 11.1. The first-order valence-electron chi connectivity index (χ1n) is 6.79. The van der Waals surface area contributed by atoms with Gasteiger partial charge in [-0.2, -0.15) is 0 Å². The van der Waals surface area contributed by atoms with Gasteiger partial charge in [-0.1, -0.05) is 6.07 Å². The van der Waals surface area contributed by atoms with Crippen molar-refractivity contribution in [3.05, 3.63) is 29.3 Å². The maximum absolute atomic E-state index is 14.2. The molecule has 0 fully saturated rings. The van der Waals surface area contributed by atoms with Crippen LogP contribution in [0.2, 0.25) is 0 Å². The number of hydrogen-bond acceptors (Lipinski definition) is 3. The molecule has 0 heterocycles. The van der Waals surface area contributed by atoms with Gasteiger partial charge in [0.1, 0.15) is 17.1 Å². The van der Waals surface area contributed by atoms with Crippen molar-refractivity contribution in [1.82, 2.24) is 0 Å². The number of aryl methyl sites for hydroxylation is 1. The number of carbonyl (C=O) groups excluding carboxylic acids is 1. The summed E-state index contributed by atoms with van der Waals surface area (Å²) in [4.78, 5) is 22.0. The van der Waals surface area contributed by atoms with Crippen LogP contribution in [0.4, 0.5) is 19.3 Å². The fraction of sp³-hybridized carbons (Fsp3) is 0.467. The van der Waals surface area contributed by atoms with E-state index in [-0.39, 0.29) is 24.8 Å². The monoisotopic (exact) mass is 315 g/mol. The smallest absolute Gasteiger partial charge is 0.412 e. The number of amides is 1. The van der Waals surface area contributed by atoms with Crippen LogP contribution in [-0.2, 0) is 16.0 Å². The Hall–Kier alpha value is -2.18. The molecule has 7 heteroatoms. The van der Waals surface area contributed by atoms with Crippen LogP contribution in [0.3, 0.4) is 0 Å². The quantitative estimate of drug-likeness (QED) is 0.868. The Morgan fingerprint density at radius 3 is 2.45 bits per heavy atom. The minimum Gasteiger partial charge on any atom is -0.481 e. The van der Waals surface area contributed by atoms with Crippen molar-refractivity contribution in [1.29, 1.82) is 0 Å². The van der Waals surface area contributed by atoms with Gasteiger partial charge in [0.05, 0.1) is 0 Å². The van der Waals surface area contributed by atoms with Gasteiger partial charge in [-0.05, 0) is 45.2 Å². The highest BCUT2D eigenvalue weighted by Gasteiger charge is 2.20. The van der Waals surface area contributed by atoms with Gasteiger partial charge < -0.3 is 9.84 Å². The van der Waals surface area contributed by atoms with Crippen molar-refractivity contribution in [3.8, 4) is 0 Å². The van der Waals surface area contributed by atoms with Crippen LogP contribution in [-0.4, -0.2) is 22.8 Å². The zero-order valence-corrected chi connectivity index (χ0v) is 12.7. The highest BCUT2D eigenvalue weighted by Crippen LogP contribution is 2.24. The largest absolute Gasteiger partial charge is 0.481 e. The fourth-order valence-electron chi connectivity index (χ4n) is 1.74. The van der Waals surface area contributed by atoms with Crippen molar-refractivity contribution in [2.75, 3.05) is 5.32 Å². The summed E-state index contributed by atoms with van der Waals surface area (Å²) >= 11 is 0. The summed E-state index contributed by atoms with van der Waals surface area (Å²) in [6.45, 7) is 4.88. The van der Waals surface area contributed by atoms with Crippen molar-refractivity contribution >= 4 is 17.7 Å². The molecule has 1 rings (SSSR count). The second-order valence-electron chi connectivity index (χ2n) is 5.77. The zero-order chi connectivity index (χ0) is 16.9. The van der Waals surface area contributed by atoms with Crippen LogP contribution >= 0.6 is 0 Å². The minimum absolute atomic E-state index is 0.119. The molecule has 0 unspecified atom stereocenters. The molecule has 0 saturated carbocycles. The van der Waals surface area contributed by atoms with Crippen molar-refractivity contribution in [2.45, 2.75) is 45.6 Å². The summed E-state index contributed by atoms with van der Waals surface area (Å²) in [7, 11) is 0.